The summed E-state index contributed by atoms with van der Waals surface area (Å²) in [6.45, 7) is 0. The summed E-state index contributed by atoms with van der Waals surface area (Å²) in [5, 5.41) is 0. The molecule has 0 bridgehead atoms. The van der Waals surface area contributed by atoms with Crippen LogP contribution in [0.25, 0.3) is 16.9 Å². The van der Waals surface area contributed by atoms with Crippen LogP contribution in [-0.2, 0) is 0 Å². The van der Waals surface area contributed by atoms with E-state index in [1.54, 1.807) is 25.4 Å². The van der Waals surface area contributed by atoms with Crippen LogP contribution in [0, 0.1) is 0 Å². The molecular formula is C13H11N3O2. The van der Waals surface area contributed by atoms with Crippen LogP contribution in [0.3, 0.4) is 0 Å². The third-order valence-corrected chi connectivity index (χ3v) is 2.77. The maximum atomic E-state index is 12.0. The maximum absolute atomic E-state index is 12.0. The Morgan fingerprint density at radius 1 is 1.28 bits per heavy atom. The van der Waals surface area contributed by atoms with Crippen LogP contribution in [-0.4, -0.2) is 21.6 Å². The van der Waals surface area contributed by atoms with E-state index in [0.717, 1.165) is 11.0 Å². The van der Waals surface area contributed by atoms with E-state index in [-0.39, 0.29) is 5.69 Å². The van der Waals surface area contributed by atoms with Gasteiger partial charge in [-0.15, -0.1) is 0 Å². The SMILES string of the molecule is COc1ccc2[nH]c(=O)n(-c3ccccn3)c2c1. The molecule has 18 heavy (non-hydrogen) atoms. The van der Waals surface area contributed by atoms with Crippen molar-refractivity contribution >= 4 is 11.0 Å². The van der Waals surface area contributed by atoms with E-state index in [4.69, 9.17) is 4.74 Å². The first-order valence-electron chi connectivity index (χ1n) is 5.50. The number of hydrogen-bond acceptors (Lipinski definition) is 3. The number of aromatic amines is 1. The zero-order valence-corrected chi connectivity index (χ0v) is 9.75. The van der Waals surface area contributed by atoms with Gasteiger partial charge in [0.2, 0.25) is 0 Å². The number of nitrogens with one attached hydrogen (secondary N) is 1. The number of ether oxygens (including phenoxy) is 1. The summed E-state index contributed by atoms with van der Waals surface area (Å²) in [4.78, 5) is 18.9. The number of rotatable bonds is 2. The fraction of sp³-hybridized carbons (Fsp3) is 0.0769. The molecule has 3 aromatic rings. The number of benzene rings is 1. The minimum Gasteiger partial charge on any atom is -0.497 e. The Labute approximate surface area is 103 Å². The Kier molecular flexibility index (Phi) is 2.37. The van der Waals surface area contributed by atoms with Gasteiger partial charge in [0.1, 0.15) is 11.6 Å². The van der Waals surface area contributed by atoms with Crippen molar-refractivity contribution in [2.24, 2.45) is 0 Å². The molecule has 0 fully saturated rings. The zero-order chi connectivity index (χ0) is 12.5. The highest BCUT2D eigenvalue weighted by Crippen LogP contribution is 2.19. The van der Waals surface area contributed by atoms with Gasteiger partial charge in [0, 0.05) is 12.3 Å². The standard InChI is InChI=1S/C13H11N3O2/c1-18-9-5-6-10-11(8-9)16(13(17)15-10)12-4-2-3-7-14-12/h2-8H,1H3,(H,15,17). The summed E-state index contributed by atoms with van der Waals surface area (Å²) in [5.41, 5.74) is 1.29. The van der Waals surface area contributed by atoms with Crippen LogP contribution in [0.5, 0.6) is 5.75 Å². The van der Waals surface area contributed by atoms with E-state index in [1.165, 1.54) is 4.57 Å². The molecule has 2 aromatic heterocycles. The molecule has 1 aromatic carbocycles. The number of methoxy groups -OCH3 is 1. The Bertz CT molecular complexity index is 744. The molecule has 2 heterocycles. The summed E-state index contributed by atoms with van der Waals surface area (Å²) in [6.07, 6.45) is 1.65. The molecule has 5 heteroatoms. The third kappa shape index (κ3) is 1.57. The van der Waals surface area contributed by atoms with Gasteiger partial charge < -0.3 is 9.72 Å². The van der Waals surface area contributed by atoms with Crippen molar-refractivity contribution in [2.45, 2.75) is 0 Å². The molecule has 1 N–H and O–H groups in total. The van der Waals surface area contributed by atoms with Crippen molar-refractivity contribution in [2.75, 3.05) is 7.11 Å². The molecule has 90 valence electrons. The molecule has 0 radical (unpaired) electrons. The summed E-state index contributed by atoms with van der Waals surface area (Å²) in [6, 6.07) is 10.9. The third-order valence-electron chi connectivity index (χ3n) is 2.77. The van der Waals surface area contributed by atoms with Crippen LogP contribution >= 0.6 is 0 Å². The Balaban J connectivity index is 2.34. The zero-order valence-electron chi connectivity index (χ0n) is 9.75. The van der Waals surface area contributed by atoms with E-state index in [9.17, 15) is 4.79 Å². The molecule has 0 saturated carbocycles. The molecule has 3 rings (SSSR count). The van der Waals surface area contributed by atoms with Gasteiger partial charge in [-0.3, -0.25) is 0 Å². The minimum atomic E-state index is -0.211. The van der Waals surface area contributed by atoms with Gasteiger partial charge in [0.15, 0.2) is 0 Å². The van der Waals surface area contributed by atoms with E-state index in [2.05, 4.69) is 9.97 Å². The molecule has 0 saturated heterocycles. The maximum Gasteiger partial charge on any atom is 0.332 e. The first-order chi connectivity index (χ1) is 8.79. The highest BCUT2D eigenvalue weighted by atomic mass is 16.5. The van der Waals surface area contributed by atoms with Crippen LogP contribution in [0.4, 0.5) is 0 Å². The molecule has 0 aliphatic carbocycles. The van der Waals surface area contributed by atoms with Crippen molar-refractivity contribution in [3.05, 3.63) is 53.1 Å². The van der Waals surface area contributed by atoms with Crippen molar-refractivity contribution in [1.29, 1.82) is 0 Å². The van der Waals surface area contributed by atoms with Gasteiger partial charge in [-0.1, -0.05) is 6.07 Å². The van der Waals surface area contributed by atoms with E-state index < -0.39 is 0 Å². The number of pyridine rings is 1. The van der Waals surface area contributed by atoms with Crippen molar-refractivity contribution in [3.8, 4) is 11.6 Å². The molecule has 0 aliphatic rings. The first kappa shape index (κ1) is 10.6. The number of fused-ring (bicyclic) bond motifs is 1. The van der Waals surface area contributed by atoms with Gasteiger partial charge in [-0.2, -0.15) is 0 Å². The molecular weight excluding hydrogens is 230 g/mol. The average Bonchev–Trinajstić information content (AvgIpc) is 2.74. The largest absolute Gasteiger partial charge is 0.497 e. The number of hydrogen-bond donors (Lipinski definition) is 1. The smallest absolute Gasteiger partial charge is 0.332 e. The first-order valence-corrected chi connectivity index (χ1v) is 5.50. The van der Waals surface area contributed by atoms with Gasteiger partial charge >= 0.3 is 5.69 Å². The lowest BCUT2D eigenvalue weighted by molar-refractivity contribution is 0.415. The Morgan fingerprint density at radius 3 is 2.89 bits per heavy atom. The van der Waals surface area contributed by atoms with Crippen molar-refractivity contribution in [3.63, 3.8) is 0 Å². The van der Waals surface area contributed by atoms with Crippen molar-refractivity contribution in [1.82, 2.24) is 14.5 Å². The summed E-state index contributed by atoms with van der Waals surface area (Å²) >= 11 is 0. The minimum absolute atomic E-state index is 0.211. The van der Waals surface area contributed by atoms with Crippen LogP contribution in [0.15, 0.2) is 47.4 Å². The van der Waals surface area contributed by atoms with E-state index in [1.807, 2.05) is 24.3 Å². The molecule has 0 atom stereocenters. The molecule has 0 aliphatic heterocycles. The molecule has 0 spiro atoms. The van der Waals surface area contributed by atoms with Crippen molar-refractivity contribution < 1.29 is 4.74 Å². The van der Waals surface area contributed by atoms with E-state index >= 15 is 0 Å². The number of nitrogens with zero attached hydrogens (tertiary/aromatic N) is 2. The molecule has 0 amide bonds. The van der Waals surface area contributed by atoms with Gasteiger partial charge in [0.25, 0.3) is 0 Å². The summed E-state index contributed by atoms with van der Waals surface area (Å²) < 4.78 is 6.70. The summed E-state index contributed by atoms with van der Waals surface area (Å²) in [7, 11) is 1.59. The molecule has 0 unspecified atom stereocenters. The van der Waals surface area contributed by atoms with Gasteiger partial charge in [0.05, 0.1) is 18.1 Å². The number of aromatic nitrogens is 3. The fourth-order valence-electron chi connectivity index (χ4n) is 1.92. The van der Waals surface area contributed by atoms with E-state index in [0.29, 0.717) is 11.6 Å². The number of H-pyrrole nitrogens is 1. The highest BCUT2D eigenvalue weighted by molar-refractivity contribution is 5.78. The van der Waals surface area contributed by atoms with Crippen LogP contribution in [0.2, 0.25) is 0 Å². The number of imidazole rings is 1. The Hall–Kier alpha value is -2.56. The van der Waals surface area contributed by atoms with Crippen LogP contribution < -0.4 is 10.4 Å². The Morgan fingerprint density at radius 2 is 2.17 bits per heavy atom. The van der Waals surface area contributed by atoms with Crippen LogP contribution in [0.1, 0.15) is 0 Å². The topological polar surface area (TPSA) is 59.9 Å². The van der Waals surface area contributed by atoms with Gasteiger partial charge in [-0.25, -0.2) is 14.3 Å². The average molecular weight is 241 g/mol. The second kappa shape index (κ2) is 4.03. The highest BCUT2D eigenvalue weighted by Gasteiger charge is 2.09. The lowest BCUT2D eigenvalue weighted by atomic mass is 10.3. The second-order valence-corrected chi connectivity index (χ2v) is 3.84. The predicted octanol–water partition coefficient (Wildman–Crippen LogP) is 1.72. The second-order valence-electron chi connectivity index (χ2n) is 3.84. The lowest BCUT2D eigenvalue weighted by Gasteiger charge is -2.03. The fourth-order valence-corrected chi connectivity index (χ4v) is 1.92. The lowest BCUT2D eigenvalue weighted by Crippen LogP contribution is -2.15. The quantitative estimate of drug-likeness (QED) is 0.743. The normalized spacial score (nSPS) is 10.7. The summed E-state index contributed by atoms with van der Waals surface area (Å²) in [5.74, 6) is 1.29. The monoisotopic (exact) mass is 241 g/mol. The molecule has 5 nitrogen and oxygen atoms in total. The predicted molar refractivity (Wildman–Crippen MR) is 68.2 cm³/mol. The van der Waals surface area contributed by atoms with Gasteiger partial charge in [-0.05, 0) is 24.3 Å².